The molecule has 0 bridgehead atoms. The van der Waals surface area contributed by atoms with Crippen LogP contribution in [0.2, 0.25) is 15.1 Å². The molecule has 0 aromatic heterocycles. The Kier molecular flexibility index (Phi) is 3.51. The summed E-state index contributed by atoms with van der Waals surface area (Å²) in [6.45, 7) is 0. The zero-order valence-electron chi connectivity index (χ0n) is 9.90. The minimum atomic E-state index is -1.03. The number of aliphatic carboxylic acids is 1. The van der Waals surface area contributed by atoms with Crippen LogP contribution in [0.4, 0.5) is 0 Å². The van der Waals surface area contributed by atoms with Crippen molar-refractivity contribution in [3.05, 3.63) is 32.8 Å². The van der Waals surface area contributed by atoms with Gasteiger partial charge in [-0.2, -0.15) is 5.10 Å². The van der Waals surface area contributed by atoms with Crippen molar-refractivity contribution in [1.29, 1.82) is 0 Å². The second-order valence-electron chi connectivity index (χ2n) is 4.43. The number of hydrogen-bond donors (Lipinski definition) is 3. The smallest absolute Gasteiger partial charge is 0.352 e. The van der Waals surface area contributed by atoms with Gasteiger partial charge in [0.25, 0.3) is 0 Å². The second-order valence-corrected chi connectivity index (χ2v) is 5.68. The summed E-state index contributed by atoms with van der Waals surface area (Å²) in [5.41, 5.74) is 6.66. The third kappa shape index (κ3) is 2.23. The van der Waals surface area contributed by atoms with Gasteiger partial charge >= 0.3 is 5.97 Å². The lowest BCUT2D eigenvalue weighted by atomic mass is 10.1. The van der Waals surface area contributed by atoms with Crippen LogP contribution in [-0.4, -0.2) is 28.0 Å². The molecule has 3 N–H and O–H groups in total. The van der Waals surface area contributed by atoms with Gasteiger partial charge in [0.15, 0.2) is 0 Å². The summed E-state index contributed by atoms with van der Waals surface area (Å²) < 4.78 is 0. The van der Waals surface area contributed by atoms with Crippen LogP contribution in [0.5, 0.6) is 0 Å². The van der Waals surface area contributed by atoms with Gasteiger partial charge in [0.2, 0.25) is 0 Å². The van der Waals surface area contributed by atoms with Crippen LogP contribution >= 0.6 is 34.8 Å². The first kappa shape index (κ1) is 13.9. The van der Waals surface area contributed by atoms with E-state index in [-0.39, 0.29) is 11.9 Å². The Hall–Kier alpha value is -1.05. The van der Waals surface area contributed by atoms with Gasteiger partial charge in [-0.3, -0.25) is 5.01 Å². The number of rotatable bonds is 2. The largest absolute Gasteiger partial charge is 0.477 e. The molecule has 106 valence electrons. The van der Waals surface area contributed by atoms with E-state index in [0.717, 1.165) is 0 Å². The fourth-order valence-corrected chi connectivity index (χ4v) is 3.30. The average molecular weight is 336 g/mol. The van der Waals surface area contributed by atoms with Gasteiger partial charge in [0.1, 0.15) is 18.0 Å². The first-order valence-corrected chi connectivity index (χ1v) is 6.85. The molecule has 2 aliphatic heterocycles. The van der Waals surface area contributed by atoms with Gasteiger partial charge in [0, 0.05) is 17.0 Å². The summed E-state index contributed by atoms with van der Waals surface area (Å²) in [7, 11) is 0. The van der Waals surface area contributed by atoms with Crippen LogP contribution in [0, 0.1) is 0 Å². The predicted molar refractivity (Wildman–Crippen MR) is 75.8 cm³/mol. The summed E-state index contributed by atoms with van der Waals surface area (Å²) in [5.74, 6) is -1.03. The highest BCUT2D eigenvalue weighted by molar-refractivity contribution is 6.39. The van der Waals surface area contributed by atoms with Crippen molar-refractivity contribution in [2.75, 3.05) is 0 Å². The summed E-state index contributed by atoms with van der Waals surface area (Å²) in [4.78, 5) is 11.0. The first-order valence-electron chi connectivity index (χ1n) is 5.72. The number of benzene rings is 1. The Labute approximate surface area is 129 Å². The highest BCUT2D eigenvalue weighted by atomic mass is 35.5. The SMILES string of the molecule is O=C(O)C1=NN2C(C1)NNC2c1c(Cl)cc(Cl)cc1Cl. The number of hydrazone groups is 1. The Morgan fingerprint density at radius 1 is 1.30 bits per heavy atom. The van der Waals surface area contributed by atoms with Crippen LogP contribution < -0.4 is 10.9 Å². The van der Waals surface area contributed by atoms with E-state index in [2.05, 4.69) is 16.0 Å². The van der Waals surface area contributed by atoms with E-state index in [9.17, 15) is 4.79 Å². The molecule has 20 heavy (non-hydrogen) atoms. The van der Waals surface area contributed by atoms with Gasteiger partial charge in [0.05, 0.1) is 10.0 Å². The molecule has 2 unspecified atom stereocenters. The Bertz CT molecular complexity index is 599. The molecular weight excluding hydrogens is 327 g/mol. The Morgan fingerprint density at radius 2 is 1.95 bits per heavy atom. The standard InChI is InChI=1S/C11H9Cl3N4O2/c12-4-1-5(13)9(6(14)2-4)10-16-15-8-3-7(11(19)20)17-18(8)10/h1-2,8,10,15-16H,3H2,(H,19,20). The van der Waals surface area contributed by atoms with Crippen molar-refractivity contribution in [1.82, 2.24) is 15.9 Å². The summed E-state index contributed by atoms with van der Waals surface area (Å²) in [6.07, 6.45) is -0.398. The molecule has 2 aliphatic rings. The molecule has 0 saturated carbocycles. The van der Waals surface area contributed by atoms with Crippen LogP contribution in [0.25, 0.3) is 0 Å². The van der Waals surface area contributed by atoms with Crippen molar-refractivity contribution in [3.63, 3.8) is 0 Å². The van der Waals surface area contributed by atoms with Crippen molar-refractivity contribution < 1.29 is 9.90 Å². The minimum absolute atomic E-state index is 0.0928. The first-order chi connectivity index (χ1) is 9.47. The number of halogens is 3. The number of nitrogens with zero attached hydrogens (tertiary/aromatic N) is 2. The minimum Gasteiger partial charge on any atom is -0.477 e. The molecule has 2 atom stereocenters. The lowest BCUT2D eigenvalue weighted by Gasteiger charge is -2.22. The van der Waals surface area contributed by atoms with Crippen LogP contribution in [0.3, 0.4) is 0 Å². The fraction of sp³-hybridized carbons (Fsp3) is 0.273. The lowest BCUT2D eigenvalue weighted by Crippen LogP contribution is -2.33. The lowest BCUT2D eigenvalue weighted by molar-refractivity contribution is -0.129. The van der Waals surface area contributed by atoms with Crippen molar-refractivity contribution >= 4 is 46.5 Å². The summed E-state index contributed by atoms with van der Waals surface area (Å²) >= 11 is 18.2. The van der Waals surface area contributed by atoms with Crippen LogP contribution in [0.15, 0.2) is 17.2 Å². The number of carboxylic acid groups (broad SMARTS) is 1. The number of hydrogen-bond acceptors (Lipinski definition) is 5. The Morgan fingerprint density at radius 3 is 2.55 bits per heavy atom. The molecule has 2 heterocycles. The third-order valence-corrected chi connectivity index (χ3v) is 4.00. The normalized spacial score (nSPS) is 24.8. The van der Waals surface area contributed by atoms with Crippen molar-refractivity contribution in [2.24, 2.45) is 5.10 Å². The zero-order valence-corrected chi connectivity index (χ0v) is 12.2. The van der Waals surface area contributed by atoms with Gasteiger partial charge < -0.3 is 5.11 Å². The van der Waals surface area contributed by atoms with E-state index >= 15 is 0 Å². The van der Waals surface area contributed by atoms with E-state index in [1.165, 1.54) is 0 Å². The third-order valence-electron chi connectivity index (χ3n) is 3.16. The van der Waals surface area contributed by atoms with Crippen molar-refractivity contribution in [3.8, 4) is 0 Å². The highest BCUT2D eigenvalue weighted by Gasteiger charge is 2.41. The quantitative estimate of drug-likeness (QED) is 0.772. The molecule has 0 aliphatic carbocycles. The maximum atomic E-state index is 11.0. The number of carboxylic acids is 1. The average Bonchev–Trinajstić information content (AvgIpc) is 2.89. The monoisotopic (exact) mass is 334 g/mol. The van der Waals surface area contributed by atoms with Crippen LogP contribution in [-0.2, 0) is 4.79 Å². The molecule has 1 fully saturated rings. The molecule has 1 aromatic rings. The number of carbonyl (C=O) groups is 1. The molecule has 9 heteroatoms. The van der Waals surface area contributed by atoms with E-state index in [0.29, 0.717) is 27.1 Å². The molecule has 3 rings (SSSR count). The molecule has 1 aromatic carbocycles. The molecule has 0 amide bonds. The summed E-state index contributed by atoms with van der Waals surface area (Å²) in [6, 6.07) is 3.16. The summed E-state index contributed by atoms with van der Waals surface area (Å²) in [5, 5.41) is 15.9. The molecule has 1 saturated heterocycles. The van der Waals surface area contributed by atoms with Gasteiger partial charge in [-0.25, -0.2) is 15.6 Å². The maximum Gasteiger partial charge on any atom is 0.352 e. The molecule has 0 radical (unpaired) electrons. The Balaban J connectivity index is 1.98. The zero-order chi connectivity index (χ0) is 14.4. The van der Waals surface area contributed by atoms with Gasteiger partial charge in [-0.05, 0) is 12.1 Å². The van der Waals surface area contributed by atoms with E-state index < -0.39 is 12.1 Å². The molecule has 6 nitrogen and oxygen atoms in total. The van der Waals surface area contributed by atoms with E-state index in [4.69, 9.17) is 39.9 Å². The van der Waals surface area contributed by atoms with E-state index in [1.807, 2.05) is 0 Å². The predicted octanol–water partition coefficient (Wildman–Crippen LogP) is 2.23. The van der Waals surface area contributed by atoms with Gasteiger partial charge in [-0.1, -0.05) is 34.8 Å². The molecular formula is C11H9Cl3N4O2. The second kappa shape index (κ2) is 5.05. The number of fused-ring (bicyclic) bond motifs is 1. The number of nitrogens with one attached hydrogen (secondary N) is 2. The maximum absolute atomic E-state index is 11.0. The topological polar surface area (TPSA) is 77.0 Å². The fourth-order valence-electron chi connectivity index (χ4n) is 2.27. The van der Waals surface area contributed by atoms with Gasteiger partial charge in [-0.15, -0.1) is 0 Å². The number of hydrazine groups is 1. The van der Waals surface area contributed by atoms with Crippen molar-refractivity contribution in [2.45, 2.75) is 18.8 Å². The van der Waals surface area contributed by atoms with Crippen LogP contribution in [0.1, 0.15) is 18.2 Å². The molecule has 0 spiro atoms. The van der Waals surface area contributed by atoms with E-state index in [1.54, 1.807) is 17.1 Å². The highest BCUT2D eigenvalue weighted by Crippen LogP contribution is 2.38.